The average Bonchev–Trinajstić information content (AvgIpc) is 3.17. The number of benzene rings is 2. The number of nitrogens with zero attached hydrogens (tertiary/aromatic N) is 3. The van der Waals surface area contributed by atoms with Crippen LogP contribution in [0.25, 0.3) is 10.2 Å². The summed E-state index contributed by atoms with van der Waals surface area (Å²) < 4.78 is 11.5. The first-order valence-electron chi connectivity index (χ1n) is 9.66. The molecule has 6 nitrogen and oxygen atoms in total. The molecule has 0 atom stereocenters. The number of carbonyl (C=O) groups is 1. The first-order chi connectivity index (χ1) is 14.5. The van der Waals surface area contributed by atoms with Crippen molar-refractivity contribution in [3.8, 4) is 11.5 Å². The van der Waals surface area contributed by atoms with Gasteiger partial charge in [-0.05, 0) is 69.5 Å². The third kappa shape index (κ3) is 5.87. The predicted molar refractivity (Wildman–Crippen MR) is 125 cm³/mol. The van der Waals surface area contributed by atoms with Gasteiger partial charge < -0.3 is 14.4 Å². The molecule has 2 aromatic carbocycles. The molecule has 0 radical (unpaired) electrons. The molecular weight excluding hydrogens is 418 g/mol. The van der Waals surface area contributed by atoms with Crippen molar-refractivity contribution < 1.29 is 14.3 Å². The molecule has 0 saturated heterocycles. The minimum absolute atomic E-state index is 0.0561. The molecule has 0 aliphatic heterocycles. The van der Waals surface area contributed by atoms with E-state index < -0.39 is 0 Å². The maximum absolute atomic E-state index is 13.1. The van der Waals surface area contributed by atoms with Gasteiger partial charge in [0.1, 0.15) is 11.5 Å². The normalized spacial score (nSPS) is 11.1. The molecule has 0 spiro atoms. The van der Waals surface area contributed by atoms with Crippen molar-refractivity contribution in [1.82, 2.24) is 9.88 Å². The third-order valence-electron chi connectivity index (χ3n) is 4.53. The number of methoxy groups -OCH3 is 2. The minimum Gasteiger partial charge on any atom is -0.497 e. The highest BCUT2D eigenvalue weighted by Crippen LogP contribution is 2.32. The number of aromatic nitrogens is 1. The smallest absolute Gasteiger partial charge is 0.239 e. The van der Waals surface area contributed by atoms with E-state index in [1.165, 1.54) is 23.1 Å². The molecule has 0 fully saturated rings. The summed E-state index contributed by atoms with van der Waals surface area (Å²) in [4.78, 5) is 22.8. The molecule has 0 saturated carbocycles. The lowest BCUT2D eigenvalue weighted by Gasteiger charge is -2.21. The van der Waals surface area contributed by atoms with E-state index in [2.05, 4.69) is 4.90 Å². The van der Waals surface area contributed by atoms with E-state index in [1.807, 2.05) is 61.5 Å². The summed E-state index contributed by atoms with van der Waals surface area (Å²) in [5.74, 6) is 2.01. The van der Waals surface area contributed by atoms with Crippen LogP contribution in [0.5, 0.6) is 11.5 Å². The molecule has 1 heterocycles. The lowest BCUT2D eigenvalue weighted by Crippen LogP contribution is -2.34. The highest BCUT2D eigenvalue weighted by atomic mass is 32.2. The number of carbonyl (C=O) groups excluding carboxylic acids is 1. The van der Waals surface area contributed by atoms with Gasteiger partial charge in [0, 0.05) is 11.4 Å². The Bertz CT molecular complexity index is 973. The van der Waals surface area contributed by atoms with Crippen LogP contribution in [-0.4, -0.2) is 62.9 Å². The van der Waals surface area contributed by atoms with Crippen LogP contribution in [0.15, 0.2) is 47.4 Å². The summed E-state index contributed by atoms with van der Waals surface area (Å²) in [6.45, 7) is 1.55. The number of fused-ring (bicyclic) bond motifs is 1. The number of amides is 1. The summed E-state index contributed by atoms with van der Waals surface area (Å²) in [6, 6.07) is 13.5. The fraction of sp³-hybridized carbons (Fsp3) is 0.364. The van der Waals surface area contributed by atoms with Crippen LogP contribution in [0.4, 0.5) is 5.13 Å². The molecule has 1 aromatic heterocycles. The van der Waals surface area contributed by atoms with Crippen molar-refractivity contribution >= 4 is 44.4 Å². The molecular formula is C22H27N3O3S2. The number of anilines is 1. The monoisotopic (exact) mass is 445 g/mol. The molecule has 0 aliphatic rings. The van der Waals surface area contributed by atoms with Crippen molar-refractivity contribution in [2.24, 2.45) is 0 Å². The first-order valence-corrected chi connectivity index (χ1v) is 11.5. The Labute approximate surface area is 185 Å². The summed E-state index contributed by atoms with van der Waals surface area (Å²) in [5, 5.41) is 0.734. The Morgan fingerprint density at radius 2 is 1.73 bits per heavy atom. The second-order valence-corrected chi connectivity index (χ2v) is 9.05. The second kappa shape index (κ2) is 10.7. The zero-order valence-corrected chi connectivity index (χ0v) is 19.4. The van der Waals surface area contributed by atoms with Gasteiger partial charge in [-0.25, -0.2) is 4.98 Å². The largest absolute Gasteiger partial charge is 0.497 e. The van der Waals surface area contributed by atoms with Crippen LogP contribution < -0.4 is 14.4 Å². The molecule has 30 heavy (non-hydrogen) atoms. The molecule has 8 heteroatoms. The van der Waals surface area contributed by atoms with Gasteiger partial charge in [-0.15, -0.1) is 11.8 Å². The van der Waals surface area contributed by atoms with Gasteiger partial charge in [0.15, 0.2) is 5.13 Å². The molecule has 1 amide bonds. The van der Waals surface area contributed by atoms with E-state index in [4.69, 9.17) is 14.5 Å². The molecule has 0 aliphatic carbocycles. The van der Waals surface area contributed by atoms with E-state index >= 15 is 0 Å². The Morgan fingerprint density at radius 1 is 1.03 bits per heavy atom. The van der Waals surface area contributed by atoms with Gasteiger partial charge >= 0.3 is 0 Å². The number of rotatable bonds is 10. The van der Waals surface area contributed by atoms with E-state index in [0.717, 1.165) is 44.7 Å². The van der Waals surface area contributed by atoms with Crippen LogP contribution in [-0.2, 0) is 4.79 Å². The summed E-state index contributed by atoms with van der Waals surface area (Å²) >= 11 is 3.05. The maximum atomic E-state index is 13.1. The van der Waals surface area contributed by atoms with Crippen LogP contribution in [0.1, 0.15) is 6.42 Å². The van der Waals surface area contributed by atoms with Crippen molar-refractivity contribution in [3.63, 3.8) is 0 Å². The first kappa shape index (κ1) is 22.4. The summed E-state index contributed by atoms with van der Waals surface area (Å²) in [5.41, 5.74) is 0.879. The lowest BCUT2D eigenvalue weighted by atomic mass is 10.3. The van der Waals surface area contributed by atoms with E-state index in [9.17, 15) is 4.79 Å². The van der Waals surface area contributed by atoms with Crippen LogP contribution >= 0.6 is 23.1 Å². The fourth-order valence-electron chi connectivity index (χ4n) is 2.90. The Balaban J connectivity index is 1.75. The molecule has 0 bridgehead atoms. The van der Waals surface area contributed by atoms with Crippen molar-refractivity contribution in [2.75, 3.05) is 52.1 Å². The molecule has 3 rings (SSSR count). The van der Waals surface area contributed by atoms with Crippen molar-refractivity contribution in [3.05, 3.63) is 42.5 Å². The topological polar surface area (TPSA) is 54.9 Å². The highest BCUT2D eigenvalue weighted by molar-refractivity contribution is 8.00. The Hall–Kier alpha value is -2.29. The van der Waals surface area contributed by atoms with Gasteiger partial charge in [-0.1, -0.05) is 11.3 Å². The predicted octanol–water partition coefficient (Wildman–Crippen LogP) is 4.39. The van der Waals surface area contributed by atoms with Gasteiger partial charge in [-0.2, -0.15) is 0 Å². The highest BCUT2D eigenvalue weighted by Gasteiger charge is 2.20. The molecule has 3 aromatic rings. The summed E-state index contributed by atoms with van der Waals surface area (Å²) in [6.07, 6.45) is 0.880. The SMILES string of the molecule is COc1ccc(SCC(=O)N(CCCN(C)C)c2nc3ccc(OC)cc3s2)cc1. The van der Waals surface area contributed by atoms with Gasteiger partial charge in [0.2, 0.25) is 5.91 Å². The number of hydrogen-bond acceptors (Lipinski definition) is 7. The van der Waals surface area contributed by atoms with Gasteiger partial charge in [0.25, 0.3) is 0 Å². The number of hydrogen-bond donors (Lipinski definition) is 0. The number of ether oxygens (including phenoxy) is 2. The Kier molecular flexibility index (Phi) is 7.95. The summed E-state index contributed by atoms with van der Waals surface area (Å²) in [7, 11) is 7.37. The van der Waals surface area contributed by atoms with E-state index in [1.54, 1.807) is 14.2 Å². The van der Waals surface area contributed by atoms with Crippen LogP contribution in [0, 0.1) is 0 Å². The number of thioether (sulfide) groups is 1. The van der Waals surface area contributed by atoms with Gasteiger partial charge in [-0.3, -0.25) is 9.69 Å². The fourth-order valence-corrected chi connectivity index (χ4v) is 4.71. The maximum Gasteiger partial charge on any atom is 0.239 e. The molecule has 160 valence electrons. The standard InChI is InChI=1S/C22H27N3O3S2/c1-24(2)12-5-13-25(21(26)15-29-18-9-6-16(27-3)7-10-18)22-23-19-11-8-17(28-4)14-20(19)30-22/h6-11,14H,5,12-13,15H2,1-4H3. The van der Waals surface area contributed by atoms with Gasteiger partial charge in [0.05, 0.1) is 30.2 Å². The zero-order chi connectivity index (χ0) is 21.5. The van der Waals surface area contributed by atoms with E-state index in [-0.39, 0.29) is 5.91 Å². The second-order valence-electron chi connectivity index (χ2n) is 7.00. The number of thiazole rings is 1. The van der Waals surface area contributed by atoms with Crippen LogP contribution in [0.2, 0.25) is 0 Å². The molecule has 0 N–H and O–H groups in total. The third-order valence-corrected chi connectivity index (χ3v) is 6.56. The quantitative estimate of drug-likeness (QED) is 0.432. The van der Waals surface area contributed by atoms with Crippen molar-refractivity contribution in [2.45, 2.75) is 11.3 Å². The zero-order valence-electron chi connectivity index (χ0n) is 17.8. The minimum atomic E-state index is 0.0561. The van der Waals surface area contributed by atoms with E-state index in [0.29, 0.717) is 12.3 Å². The lowest BCUT2D eigenvalue weighted by molar-refractivity contribution is -0.116. The van der Waals surface area contributed by atoms with Crippen molar-refractivity contribution in [1.29, 1.82) is 0 Å². The Morgan fingerprint density at radius 3 is 2.40 bits per heavy atom. The molecule has 0 unspecified atom stereocenters. The van der Waals surface area contributed by atoms with Crippen LogP contribution in [0.3, 0.4) is 0 Å². The average molecular weight is 446 g/mol.